The number of ether oxygens (including phenoxy) is 3. The van der Waals surface area contributed by atoms with Crippen LogP contribution in [0.2, 0.25) is 0 Å². The van der Waals surface area contributed by atoms with E-state index in [2.05, 4.69) is 136 Å². The van der Waals surface area contributed by atoms with Gasteiger partial charge in [0, 0.05) is 19.3 Å². The molecule has 0 rings (SSSR count). The molecule has 0 spiro atoms. The molecule has 0 aliphatic heterocycles. The van der Waals surface area contributed by atoms with Crippen molar-refractivity contribution in [2.45, 2.75) is 322 Å². The van der Waals surface area contributed by atoms with Gasteiger partial charge in [-0.25, -0.2) is 0 Å². The third-order valence-corrected chi connectivity index (χ3v) is 14.4. The van der Waals surface area contributed by atoms with Gasteiger partial charge in [0.15, 0.2) is 6.10 Å². The van der Waals surface area contributed by atoms with E-state index in [9.17, 15) is 14.4 Å². The number of unbranched alkanes of at least 4 members (excludes halogenated alkanes) is 30. The highest BCUT2D eigenvalue weighted by Gasteiger charge is 2.19. The summed E-state index contributed by atoms with van der Waals surface area (Å²) in [5.41, 5.74) is 0. The van der Waals surface area contributed by atoms with Crippen LogP contribution >= 0.6 is 0 Å². The van der Waals surface area contributed by atoms with Crippen LogP contribution in [0.5, 0.6) is 0 Å². The lowest BCUT2D eigenvalue weighted by atomic mass is 10.0. The molecular formula is C75H126O6. The van der Waals surface area contributed by atoms with Gasteiger partial charge in [-0.2, -0.15) is 0 Å². The average molecular weight is 1120 g/mol. The van der Waals surface area contributed by atoms with Crippen molar-refractivity contribution in [2.75, 3.05) is 13.2 Å². The molecule has 0 aliphatic rings. The van der Waals surface area contributed by atoms with E-state index in [-0.39, 0.29) is 31.6 Å². The number of carbonyl (C=O) groups excluding carboxylic acids is 3. The van der Waals surface area contributed by atoms with Gasteiger partial charge >= 0.3 is 17.9 Å². The fraction of sp³-hybridized carbons (Fsp3) is 0.693. The highest BCUT2D eigenvalue weighted by atomic mass is 16.6. The Morgan fingerprint density at radius 1 is 0.259 bits per heavy atom. The van der Waals surface area contributed by atoms with Crippen LogP contribution in [-0.2, 0) is 28.6 Å². The fourth-order valence-electron chi connectivity index (χ4n) is 9.42. The summed E-state index contributed by atoms with van der Waals surface area (Å²) >= 11 is 0. The molecule has 81 heavy (non-hydrogen) atoms. The SMILES string of the molecule is CC/C=C\C/C=C\C/C=C\C/C=C\C/C=C\C/C=C\CCC(=O)OC(COC(=O)CCCCCCC/C=C\C/C=C\C/C=C\CC)COC(=O)CCCCCCCCCCCCCCCCCCC/C=C\CCCCCCCCCC. The first-order valence-corrected chi connectivity index (χ1v) is 34.0. The highest BCUT2D eigenvalue weighted by Crippen LogP contribution is 2.17. The molecule has 0 fully saturated rings. The number of rotatable bonds is 61. The second-order valence-electron chi connectivity index (χ2n) is 22.3. The molecule has 0 aromatic rings. The summed E-state index contributed by atoms with van der Waals surface area (Å²) in [7, 11) is 0. The summed E-state index contributed by atoms with van der Waals surface area (Å²) in [4.78, 5) is 38.3. The molecule has 1 unspecified atom stereocenters. The van der Waals surface area contributed by atoms with Gasteiger partial charge < -0.3 is 14.2 Å². The zero-order valence-electron chi connectivity index (χ0n) is 53.0. The molecule has 0 amide bonds. The van der Waals surface area contributed by atoms with E-state index in [0.29, 0.717) is 19.3 Å². The minimum atomic E-state index is -0.830. The molecule has 6 nitrogen and oxygen atoms in total. The van der Waals surface area contributed by atoms with E-state index in [1.807, 2.05) is 6.08 Å². The molecule has 6 heteroatoms. The van der Waals surface area contributed by atoms with E-state index in [1.165, 1.54) is 154 Å². The Morgan fingerprint density at radius 2 is 0.506 bits per heavy atom. The van der Waals surface area contributed by atoms with Gasteiger partial charge in [0.2, 0.25) is 0 Å². The zero-order valence-corrected chi connectivity index (χ0v) is 53.0. The second-order valence-corrected chi connectivity index (χ2v) is 22.3. The first-order valence-electron chi connectivity index (χ1n) is 34.0. The first kappa shape index (κ1) is 76.8. The molecule has 0 saturated carbocycles. The van der Waals surface area contributed by atoms with E-state index >= 15 is 0 Å². The highest BCUT2D eigenvalue weighted by molar-refractivity contribution is 5.71. The van der Waals surface area contributed by atoms with Gasteiger partial charge in [0.25, 0.3) is 0 Å². The van der Waals surface area contributed by atoms with Gasteiger partial charge in [-0.05, 0) is 116 Å². The standard InChI is InChI=1S/C75H126O6/c1-4-7-10-13-16-19-22-25-28-30-32-33-34-35-36-37-38-39-40-41-43-44-47-50-53-56-59-62-65-68-74(77)80-71-72(70-79-73(76)67-64-61-58-55-52-49-46-27-24-21-18-15-12-9-6-3)81-75(78)69-66-63-60-57-54-51-48-45-42-31-29-26-23-20-17-14-11-8-5-2/h8-9,11-12,17-18,20-21,26-27,29-30,32,42,45-46,51,54,60,63,72H,4-7,10,13-16,19,22-25,28,31,33-41,43-44,47-50,52-53,55-59,61-62,64-71H2,1-3H3/b11-8-,12-9-,20-17-,21-18-,29-26-,32-30-,45-42-,46-27-,54-51-,63-60-. The van der Waals surface area contributed by atoms with Crippen LogP contribution in [0.1, 0.15) is 316 Å². The molecule has 0 heterocycles. The lowest BCUT2D eigenvalue weighted by Gasteiger charge is -2.18. The van der Waals surface area contributed by atoms with Crippen LogP contribution < -0.4 is 0 Å². The maximum absolute atomic E-state index is 12.9. The van der Waals surface area contributed by atoms with E-state index in [4.69, 9.17) is 14.2 Å². The van der Waals surface area contributed by atoms with Crippen molar-refractivity contribution in [3.63, 3.8) is 0 Å². The summed E-state index contributed by atoms with van der Waals surface area (Å²) in [6.45, 7) is 6.36. The van der Waals surface area contributed by atoms with Crippen LogP contribution in [0.4, 0.5) is 0 Å². The molecule has 0 N–H and O–H groups in total. The summed E-state index contributed by atoms with van der Waals surface area (Å²) in [6, 6.07) is 0. The number of carbonyl (C=O) groups is 3. The predicted molar refractivity (Wildman–Crippen MR) is 353 cm³/mol. The van der Waals surface area contributed by atoms with Crippen molar-refractivity contribution in [2.24, 2.45) is 0 Å². The van der Waals surface area contributed by atoms with Crippen LogP contribution in [0.3, 0.4) is 0 Å². The van der Waals surface area contributed by atoms with E-state index < -0.39 is 12.1 Å². The van der Waals surface area contributed by atoms with Gasteiger partial charge in [0.1, 0.15) is 13.2 Å². The van der Waals surface area contributed by atoms with Gasteiger partial charge in [-0.1, -0.05) is 303 Å². The zero-order chi connectivity index (χ0) is 58.5. The molecule has 0 saturated heterocycles. The van der Waals surface area contributed by atoms with Crippen LogP contribution in [0.25, 0.3) is 0 Å². The summed E-state index contributed by atoms with van der Waals surface area (Å²) in [5, 5.41) is 0. The van der Waals surface area contributed by atoms with Gasteiger partial charge in [0.05, 0.1) is 0 Å². The maximum Gasteiger partial charge on any atom is 0.306 e. The molecular weight excluding hydrogens is 997 g/mol. The normalized spacial score (nSPS) is 12.9. The second kappa shape index (κ2) is 68.3. The molecule has 0 aromatic carbocycles. The van der Waals surface area contributed by atoms with Crippen LogP contribution in [-0.4, -0.2) is 37.2 Å². The molecule has 0 aliphatic carbocycles. The van der Waals surface area contributed by atoms with E-state index in [1.54, 1.807) is 0 Å². The van der Waals surface area contributed by atoms with Crippen molar-refractivity contribution in [1.82, 2.24) is 0 Å². The molecule has 0 radical (unpaired) electrons. The predicted octanol–water partition coefficient (Wildman–Crippen LogP) is 23.6. The Hall–Kier alpha value is -4.19. The third-order valence-electron chi connectivity index (χ3n) is 14.4. The van der Waals surface area contributed by atoms with Gasteiger partial charge in [-0.15, -0.1) is 0 Å². The maximum atomic E-state index is 12.9. The van der Waals surface area contributed by atoms with Gasteiger partial charge in [-0.3, -0.25) is 14.4 Å². The minimum absolute atomic E-state index is 0.115. The summed E-state index contributed by atoms with van der Waals surface area (Å²) in [5.74, 6) is -1.01. The monoisotopic (exact) mass is 1120 g/mol. The Bertz CT molecular complexity index is 1670. The molecule has 0 aromatic heterocycles. The van der Waals surface area contributed by atoms with Crippen molar-refractivity contribution < 1.29 is 28.6 Å². The molecule has 1 atom stereocenters. The summed E-state index contributed by atoms with van der Waals surface area (Å²) in [6.07, 6.45) is 95.3. The first-order chi connectivity index (χ1) is 40.0. The fourth-order valence-corrected chi connectivity index (χ4v) is 9.42. The average Bonchev–Trinajstić information content (AvgIpc) is 3.47. The Morgan fingerprint density at radius 3 is 0.815 bits per heavy atom. The topological polar surface area (TPSA) is 78.9 Å². The molecule has 462 valence electrons. The van der Waals surface area contributed by atoms with Crippen LogP contribution in [0, 0.1) is 0 Å². The smallest absolute Gasteiger partial charge is 0.306 e. The number of hydrogen-bond acceptors (Lipinski definition) is 6. The van der Waals surface area contributed by atoms with Crippen molar-refractivity contribution in [1.29, 1.82) is 0 Å². The lowest BCUT2D eigenvalue weighted by molar-refractivity contribution is -0.166. The van der Waals surface area contributed by atoms with Crippen molar-refractivity contribution >= 4 is 17.9 Å². The Kier molecular flexibility index (Phi) is 64.8. The Labute approximate surface area is 501 Å². The quantitative estimate of drug-likeness (QED) is 0.0261. The number of esters is 3. The number of allylic oxidation sites excluding steroid dienone is 20. The van der Waals surface area contributed by atoms with Crippen molar-refractivity contribution in [3.05, 3.63) is 122 Å². The van der Waals surface area contributed by atoms with Crippen molar-refractivity contribution in [3.8, 4) is 0 Å². The largest absolute Gasteiger partial charge is 0.462 e. The lowest BCUT2D eigenvalue weighted by Crippen LogP contribution is -2.30. The Balaban J connectivity index is 4.35. The third kappa shape index (κ3) is 66.5. The minimum Gasteiger partial charge on any atom is -0.462 e. The number of hydrogen-bond donors (Lipinski definition) is 0. The molecule has 0 bridgehead atoms. The van der Waals surface area contributed by atoms with E-state index in [0.717, 1.165) is 116 Å². The van der Waals surface area contributed by atoms with Crippen LogP contribution in [0.15, 0.2) is 122 Å². The summed E-state index contributed by atoms with van der Waals surface area (Å²) < 4.78 is 16.9.